The van der Waals surface area contributed by atoms with Gasteiger partial charge in [0.25, 0.3) is 0 Å². The number of hydrogen-bond donors (Lipinski definition) is 2. The highest BCUT2D eigenvalue weighted by Gasteiger charge is 2.29. The maximum atomic E-state index is 12.9. The molecule has 0 bridgehead atoms. The minimum Gasteiger partial charge on any atom is -0.490 e. The van der Waals surface area contributed by atoms with Crippen LogP contribution in [0.3, 0.4) is 0 Å². The number of aliphatic hydroxyl groups excluding tert-OH is 1. The molecule has 8 nitrogen and oxygen atoms in total. The number of aliphatic hydroxyl groups is 1. The van der Waals surface area contributed by atoms with Gasteiger partial charge < -0.3 is 9.84 Å². The fourth-order valence-corrected chi connectivity index (χ4v) is 7.67. The van der Waals surface area contributed by atoms with Crippen LogP contribution < -0.4 is 9.46 Å². The monoisotopic (exact) mass is 566 g/mol. The summed E-state index contributed by atoms with van der Waals surface area (Å²) in [6.45, 7) is 5.64. The van der Waals surface area contributed by atoms with E-state index in [1.165, 1.54) is 0 Å². The first-order valence-corrected chi connectivity index (χ1v) is 15.9. The van der Waals surface area contributed by atoms with E-state index in [1.54, 1.807) is 11.3 Å². The molecule has 1 fully saturated rings. The van der Waals surface area contributed by atoms with Gasteiger partial charge in [-0.05, 0) is 81.0 Å². The second-order valence-electron chi connectivity index (χ2n) is 10.5. The van der Waals surface area contributed by atoms with Gasteiger partial charge in [-0.15, -0.1) is 11.3 Å². The predicted octanol–water partition coefficient (Wildman–Crippen LogP) is 4.50. The predicted molar refractivity (Wildman–Crippen MR) is 153 cm³/mol. The Morgan fingerprint density at radius 2 is 2.13 bits per heavy atom. The summed E-state index contributed by atoms with van der Waals surface area (Å²) in [6, 6.07) is 13.6. The Morgan fingerprint density at radius 3 is 2.90 bits per heavy atom. The van der Waals surface area contributed by atoms with Crippen molar-refractivity contribution >= 4 is 21.4 Å². The number of piperidine rings is 1. The number of benzene rings is 2. The zero-order valence-corrected chi connectivity index (χ0v) is 23.9. The van der Waals surface area contributed by atoms with E-state index >= 15 is 0 Å². The molecule has 2 N–H and O–H groups in total. The van der Waals surface area contributed by atoms with Crippen molar-refractivity contribution in [3.8, 4) is 32.8 Å². The number of sulfonamides is 1. The SMILES string of the molecule is CC(C)Oc1ccc(-c2ncc(-c3cccc4c3CC[C@H]4NS(=O)(=O)CCN3CCC[C@@H](O)C3)s2)cc1C#N. The second-order valence-corrected chi connectivity index (χ2v) is 13.4. The van der Waals surface area contributed by atoms with Crippen LogP contribution in [0.25, 0.3) is 21.0 Å². The maximum absolute atomic E-state index is 12.9. The van der Waals surface area contributed by atoms with Gasteiger partial charge in [-0.2, -0.15) is 5.26 Å². The van der Waals surface area contributed by atoms with E-state index in [9.17, 15) is 18.8 Å². The molecule has 0 spiro atoms. The van der Waals surface area contributed by atoms with Gasteiger partial charge in [0, 0.05) is 30.9 Å². The van der Waals surface area contributed by atoms with Crippen molar-refractivity contribution in [3.63, 3.8) is 0 Å². The van der Waals surface area contributed by atoms with Gasteiger partial charge in [0.15, 0.2) is 0 Å². The lowest BCUT2D eigenvalue weighted by molar-refractivity contribution is 0.0740. The number of aromatic nitrogens is 1. The van der Waals surface area contributed by atoms with Crippen LogP contribution in [-0.2, 0) is 16.4 Å². The fraction of sp³-hybridized carbons (Fsp3) is 0.448. The van der Waals surface area contributed by atoms with Crippen molar-refractivity contribution in [2.45, 2.75) is 57.8 Å². The number of likely N-dealkylation sites (tertiary alicyclic amines) is 1. The van der Waals surface area contributed by atoms with Crippen molar-refractivity contribution in [2.24, 2.45) is 0 Å². The molecule has 2 aromatic carbocycles. The molecule has 2 atom stereocenters. The molecule has 0 unspecified atom stereocenters. The molecule has 10 heteroatoms. The molecule has 3 aromatic rings. The van der Waals surface area contributed by atoms with Crippen LogP contribution in [0, 0.1) is 11.3 Å². The first-order valence-electron chi connectivity index (χ1n) is 13.4. The standard InChI is InChI=1S/C29H34N4O4S2/c1-19(2)37-27-11-8-20(15-21(27)16-30)29-31-17-28(38-29)25-7-3-6-24-23(25)9-10-26(24)32-39(35,36)14-13-33-12-4-5-22(34)18-33/h3,6-8,11,15,17,19,22,26,32,34H,4-5,9-10,12-14,18H2,1-2H3/t22-,26-/m1/s1. The van der Waals surface area contributed by atoms with Gasteiger partial charge in [-0.25, -0.2) is 18.1 Å². The third-order valence-corrected chi connectivity index (χ3v) is 9.67. The van der Waals surface area contributed by atoms with E-state index in [1.807, 2.05) is 55.3 Å². The van der Waals surface area contributed by atoms with Crippen LogP contribution in [0.15, 0.2) is 42.6 Å². The second kappa shape index (κ2) is 11.7. The first-order chi connectivity index (χ1) is 18.7. The van der Waals surface area contributed by atoms with Gasteiger partial charge in [0.2, 0.25) is 10.0 Å². The molecule has 2 aliphatic rings. The Hall–Kier alpha value is -2.81. The molecular formula is C29H34N4O4S2. The number of thiazole rings is 1. The zero-order valence-electron chi connectivity index (χ0n) is 22.3. The van der Waals surface area contributed by atoms with Gasteiger partial charge >= 0.3 is 0 Å². The molecule has 1 aromatic heterocycles. The maximum Gasteiger partial charge on any atom is 0.213 e. The highest BCUT2D eigenvalue weighted by atomic mass is 32.2. The molecule has 206 valence electrons. The number of β-amino-alcohol motifs (C(OH)–C–C–N with tert-alkyl or cyclic N) is 1. The van der Waals surface area contributed by atoms with Crippen molar-refractivity contribution < 1.29 is 18.3 Å². The summed E-state index contributed by atoms with van der Waals surface area (Å²) in [5.41, 5.74) is 4.57. The van der Waals surface area contributed by atoms with E-state index in [0.29, 0.717) is 30.8 Å². The lowest BCUT2D eigenvalue weighted by Crippen LogP contribution is -2.42. The average Bonchev–Trinajstić information content (AvgIpc) is 3.55. The van der Waals surface area contributed by atoms with E-state index in [-0.39, 0.29) is 24.0 Å². The summed E-state index contributed by atoms with van der Waals surface area (Å²) in [5, 5.41) is 20.3. The molecule has 1 aliphatic carbocycles. The van der Waals surface area contributed by atoms with Crippen LogP contribution in [-0.4, -0.2) is 61.0 Å². The van der Waals surface area contributed by atoms with Crippen LogP contribution in [0.2, 0.25) is 0 Å². The van der Waals surface area contributed by atoms with Crippen molar-refractivity contribution in [1.29, 1.82) is 5.26 Å². The van der Waals surface area contributed by atoms with Gasteiger partial charge in [0.05, 0.1) is 28.4 Å². The molecule has 0 saturated carbocycles. The van der Waals surface area contributed by atoms with Gasteiger partial charge in [0.1, 0.15) is 16.8 Å². The topological polar surface area (TPSA) is 116 Å². The Labute approximate surface area is 234 Å². The smallest absolute Gasteiger partial charge is 0.213 e. The number of nitrogens with zero attached hydrogens (tertiary/aromatic N) is 3. The van der Waals surface area contributed by atoms with E-state index < -0.39 is 10.0 Å². The van der Waals surface area contributed by atoms with E-state index in [4.69, 9.17) is 4.74 Å². The van der Waals surface area contributed by atoms with Crippen LogP contribution >= 0.6 is 11.3 Å². The lowest BCUT2D eigenvalue weighted by atomic mass is 10.0. The summed E-state index contributed by atoms with van der Waals surface area (Å²) in [6.07, 6.45) is 4.63. The lowest BCUT2D eigenvalue weighted by Gasteiger charge is -2.29. The summed E-state index contributed by atoms with van der Waals surface area (Å²) >= 11 is 1.56. The number of nitriles is 1. The Kier molecular flexibility index (Phi) is 8.35. The number of hydrogen-bond acceptors (Lipinski definition) is 8. The van der Waals surface area contributed by atoms with Crippen LogP contribution in [0.4, 0.5) is 0 Å². The molecule has 2 heterocycles. The Bertz CT molecular complexity index is 1480. The van der Waals surface area contributed by atoms with Gasteiger partial charge in [-0.3, -0.25) is 4.90 Å². The molecule has 0 amide bonds. The quantitative estimate of drug-likeness (QED) is 0.392. The summed E-state index contributed by atoms with van der Waals surface area (Å²) < 4.78 is 34.5. The Balaban J connectivity index is 1.31. The minimum atomic E-state index is -3.47. The molecule has 5 rings (SSSR count). The summed E-state index contributed by atoms with van der Waals surface area (Å²) in [7, 11) is -3.47. The number of nitrogens with one attached hydrogen (secondary N) is 1. The van der Waals surface area contributed by atoms with Crippen molar-refractivity contribution in [1.82, 2.24) is 14.6 Å². The van der Waals surface area contributed by atoms with Gasteiger partial charge in [-0.1, -0.05) is 18.2 Å². The first kappa shape index (κ1) is 27.7. The fourth-order valence-electron chi connectivity index (χ4n) is 5.41. The van der Waals surface area contributed by atoms with Crippen molar-refractivity contribution in [3.05, 3.63) is 59.3 Å². The molecule has 1 saturated heterocycles. The van der Waals surface area contributed by atoms with Crippen molar-refractivity contribution in [2.75, 3.05) is 25.4 Å². The van der Waals surface area contributed by atoms with E-state index in [0.717, 1.165) is 57.9 Å². The van der Waals surface area contributed by atoms with Crippen LogP contribution in [0.1, 0.15) is 55.8 Å². The number of rotatable bonds is 9. The Morgan fingerprint density at radius 1 is 1.28 bits per heavy atom. The minimum absolute atomic E-state index is 0.0217. The highest BCUT2D eigenvalue weighted by molar-refractivity contribution is 7.89. The third-order valence-electron chi connectivity index (χ3n) is 7.23. The number of ether oxygens (including phenoxy) is 1. The summed E-state index contributed by atoms with van der Waals surface area (Å²) in [5.74, 6) is 0.589. The summed E-state index contributed by atoms with van der Waals surface area (Å²) in [4.78, 5) is 7.68. The van der Waals surface area contributed by atoms with Crippen LogP contribution in [0.5, 0.6) is 5.75 Å². The zero-order chi connectivity index (χ0) is 27.6. The van der Waals surface area contributed by atoms with E-state index in [2.05, 4.69) is 21.8 Å². The third kappa shape index (κ3) is 6.51. The molecule has 39 heavy (non-hydrogen) atoms. The molecular weight excluding hydrogens is 532 g/mol. The average molecular weight is 567 g/mol. The largest absolute Gasteiger partial charge is 0.490 e. The normalized spacial score (nSPS) is 19.7. The molecule has 0 radical (unpaired) electrons. The number of fused-ring (bicyclic) bond motifs is 1. The molecule has 1 aliphatic heterocycles. The highest BCUT2D eigenvalue weighted by Crippen LogP contribution is 2.41.